The van der Waals surface area contributed by atoms with Crippen LogP contribution >= 0.6 is 27.5 Å². The van der Waals surface area contributed by atoms with Gasteiger partial charge in [-0.3, -0.25) is 0 Å². The molecular weight excluding hydrogens is 353 g/mol. The maximum atomic E-state index is 13.6. The van der Waals surface area contributed by atoms with Gasteiger partial charge in [0.15, 0.2) is 5.75 Å². The fraction of sp³-hybridized carbons (Fsp3) is 0. The van der Waals surface area contributed by atoms with E-state index >= 15 is 0 Å². The number of carbonyl (C=O) groups is 1. The molecule has 0 aliphatic rings. The summed E-state index contributed by atoms with van der Waals surface area (Å²) in [6.07, 6.45) is 0. The molecule has 0 aliphatic heterocycles. The molecule has 0 spiro atoms. The molecule has 0 fully saturated rings. The third-order valence-electron chi connectivity index (χ3n) is 2.44. The standard InChI is InChI=1S/C13H8BrClFNO3/c14-8-3-6(15)1-2-11(8)20-12-5-9(16)7(13(18)19)4-10(12)17/h1-5H,17H2,(H,18,19). The molecule has 0 aromatic heterocycles. The monoisotopic (exact) mass is 359 g/mol. The SMILES string of the molecule is Nc1cc(C(=O)O)c(F)cc1Oc1ccc(Cl)cc1Br. The van der Waals surface area contributed by atoms with Crippen molar-refractivity contribution in [3.05, 3.63) is 51.2 Å². The zero-order valence-corrected chi connectivity index (χ0v) is 12.2. The zero-order valence-electron chi connectivity index (χ0n) is 9.86. The molecule has 0 saturated carbocycles. The van der Waals surface area contributed by atoms with Crippen LogP contribution in [0.25, 0.3) is 0 Å². The van der Waals surface area contributed by atoms with Gasteiger partial charge in [-0.2, -0.15) is 0 Å². The van der Waals surface area contributed by atoms with Gasteiger partial charge in [-0.1, -0.05) is 11.6 Å². The van der Waals surface area contributed by atoms with Gasteiger partial charge in [-0.15, -0.1) is 0 Å². The zero-order chi connectivity index (χ0) is 14.9. The van der Waals surface area contributed by atoms with Crippen LogP contribution in [0.4, 0.5) is 10.1 Å². The van der Waals surface area contributed by atoms with Gasteiger partial charge in [0, 0.05) is 11.1 Å². The highest BCUT2D eigenvalue weighted by molar-refractivity contribution is 9.10. The van der Waals surface area contributed by atoms with E-state index in [4.69, 9.17) is 27.2 Å². The number of hydrogen-bond acceptors (Lipinski definition) is 3. The number of halogens is 3. The number of aromatic carboxylic acids is 1. The van der Waals surface area contributed by atoms with Gasteiger partial charge in [0.05, 0.1) is 15.7 Å². The summed E-state index contributed by atoms with van der Waals surface area (Å²) in [5.41, 5.74) is 5.17. The van der Waals surface area contributed by atoms with Crippen LogP contribution in [0, 0.1) is 5.82 Å². The fourth-order valence-electron chi connectivity index (χ4n) is 1.50. The van der Waals surface area contributed by atoms with Crippen molar-refractivity contribution in [1.29, 1.82) is 0 Å². The lowest BCUT2D eigenvalue weighted by atomic mass is 10.1. The average molecular weight is 361 g/mol. The predicted molar refractivity (Wildman–Crippen MR) is 77.0 cm³/mol. The number of hydrogen-bond donors (Lipinski definition) is 2. The summed E-state index contributed by atoms with van der Waals surface area (Å²) in [6, 6.07) is 6.72. The summed E-state index contributed by atoms with van der Waals surface area (Å²) in [7, 11) is 0. The number of rotatable bonds is 3. The highest BCUT2D eigenvalue weighted by atomic mass is 79.9. The maximum Gasteiger partial charge on any atom is 0.338 e. The van der Waals surface area contributed by atoms with Crippen molar-refractivity contribution in [3.63, 3.8) is 0 Å². The largest absolute Gasteiger partial charge is 0.478 e. The molecule has 2 aromatic rings. The summed E-state index contributed by atoms with van der Waals surface area (Å²) in [5.74, 6) is -1.92. The van der Waals surface area contributed by atoms with E-state index in [1.54, 1.807) is 18.2 Å². The Bertz CT molecular complexity index is 694. The van der Waals surface area contributed by atoms with Crippen molar-refractivity contribution in [2.24, 2.45) is 0 Å². The van der Waals surface area contributed by atoms with Gasteiger partial charge in [0.25, 0.3) is 0 Å². The Balaban J connectivity index is 2.39. The van der Waals surface area contributed by atoms with Crippen molar-refractivity contribution in [1.82, 2.24) is 0 Å². The second-order valence-corrected chi connectivity index (χ2v) is 5.14. The van der Waals surface area contributed by atoms with Gasteiger partial charge < -0.3 is 15.6 Å². The Morgan fingerprint density at radius 1 is 1.30 bits per heavy atom. The minimum absolute atomic E-state index is 0.0191. The molecule has 104 valence electrons. The van der Waals surface area contributed by atoms with E-state index in [-0.39, 0.29) is 11.4 Å². The van der Waals surface area contributed by atoms with Crippen molar-refractivity contribution in [3.8, 4) is 11.5 Å². The lowest BCUT2D eigenvalue weighted by molar-refractivity contribution is 0.0692. The van der Waals surface area contributed by atoms with Crippen LogP contribution < -0.4 is 10.5 Å². The molecule has 0 bridgehead atoms. The molecule has 4 nitrogen and oxygen atoms in total. The van der Waals surface area contributed by atoms with Crippen molar-refractivity contribution < 1.29 is 19.0 Å². The van der Waals surface area contributed by atoms with Gasteiger partial charge >= 0.3 is 5.97 Å². The summed E-state index contributed by atoms with van der Waals surface area (Å²) < 4.78 is 19.6. The highest BCUT2D eigenvalue weighted by Gasteiger charge is 2.15. The van der Waals surface area contributed by atoms with Gasteiger partial charge in [-0.25, -0.2) is 9.18 Å². The number of carboxylic acid groups (broad SMARTS) is 1. The van der Waals surface area contributed by atoms with E-state index in [0.717, 1.165) is 12.1 Å². The van der Waals surface area contributed by atoms with Crippen LogP contribution in [0.1, 0.15) is 10.4 Å². The van der Waals surface area contributed by atoms with Crippen LogP contribution in [0.3, 0.4) is 0 Å². The first kappa shape index (κ1) is 14.6. The number of nitrogens with two attached hydrogens (primary N) is 1. The molecule has 0 radical (unpaired) electrons. The summed E-state index contributed by atoms with van der Waals surface area (Å²) in [6.45, 7) is 0. The van der Waals surface area contributed by atoms with E-state index in [1.165, 1.54) is 0 Å². The molecule has 2 aromatic carbocycles. The molecular formula is C13H8BrClFNO3. The van der Waals surface area contributed by atoms with Crippen LogP contribution in [0.5, 0.6) is 11.5 Å². The Morgan fingerprint density at radius 3 is 2.60 bits per heavy atom. The van der Waals surface area contributed by atoms with Crippen molar-refractivity contribution in [2.75, 3.05) is 5.73 Å². The molecule has 3 N–H and O–H groups in total. The second kappa shape index (κ2) is 5.68. The Morgan fingerprint density at radius 2 is 2.00 bits per heavy atom. The highest BCUT2D eigenvalue weighted by Crippen LogP contribution is 2.35. The van der Waals surface area contributed by atoms with E-state index in [1.807, 2.05) is 0 Å². The van der Waals surface area contributed by atoms with Gasteiger partial charge in [-0.05, 0) is 40.2 Å². The molecule has 0 heterocycles. The fourth-order valence-corrected chi connectivity index (χ4v) is 2.26. The van der Waals surface area contributed by atoms with Crippen molar-refractivity contribution in [2.45, 2.75) is 0 Å². The Hall–Kier alpha value is -1.79. The summed E-state index contributed by atoms with van der Waals surface area (Å²) >= 11 is 9.04. The molecule has 7 heteroatoms. The van der Waals surface area contributed by atoms with Crippen LogP contribution in [0.15, 0.2) is 34.8 Å². The van der Waals surface area contributed by atoms with Gasteiger partial charge in [0.1, 0.15) is 11.6 Å². The van der Waals surface area contributed by atoms with Crippen LogP contribution in [-0.2, 0) is 0 Å². The van der Waals surface area contributed by atoms with E-state index in [9.17, 15) is 9.18 Å². The molecule has 2 rings (SSSR count). The first-order valence-corrected chi connectivity index (χ1v) is 6.51. The maximum absolute atomic E-state index is 13.6. The first-order chi connectivity index (χ1) is 9.38. The Kier molecular flexibility index (Phi) is 4.15. The normalized spacial score (nSPS) is 10.3. The molecule has 0 unspecified atom stereocenters. The topological polar surface area (TPSA) is 72.6 Å². The quantitative estimate of drug-likeness (QED) is 0.800. The number of benzene rings is 2. The molecule has 20 heavy (non-hydrogen) atoms. The molecule has 0 saturated heterocycles. The minimum atomic E-state index is -1.39. The van der Waals surface area contributed by atoms with Crippen LogP contribution in [-0.4, -0.2) is 11.1 Å². The number of carboxylic acids is 1. The Labute approximate surface area is 127 Å². The third kappa shape index (κ3) is 3.02. The molecule has 0 aliphatic carbocycles. The lowest BCUT2D eigenvalue weighted by Gasteiger charge is -2.11. The van der Waals surface area contributed by atoms with Crippen molar-refractivity contribution >= 4 is 39.2 Å². The molecule has 0 atom stereocenters. The minimum Gasteiger partial charge on any atom is -0.478 e. The lowest BCUT2D eigenvalue weighted by Crippen LogP contribution is -2.03. The number of ether oxygens (including phenoxy) is 1. The predicted octanol–water partition coefficient (Wildman–Crippen LogP) is 4.31. The average Bonchev–Trinajstić information content (AvgIpc) is 2.36. The van der Waals surface area contributed by atoms with Crippen LogP contribution in [0.2, 0.25) is 5.02 Å². The first-order valence-electron chi connectivity index (χ1n) is 5.33. The number of anilines is 1. The van der Waals surface area contributed by atoms with E-state index < -0.39 is 17.3 Å². The summed E-state index contributed by atoms with van der Waals surface area (Å²) in [5, 5.41) is 9.29. The smallest absolute Gasteiger partial charge is 0.338 e. The molecule has 0 amide bonds. The second-order valence-electron chi connectivity index (χ2n) is 3.85. The van der Waals surface area contributed by atoms with E-state index in [2.05, 4.69) is 15.9 Å². The number of nitrogen functional groups attached to an aromatic ring is 1. The van der Waals surface area contributed by atoms with Gasteiger partial charge in [0.2, 0.25) is 0 Å². The summed E-state index contributed by atoms with van der Waals surface area (Å²) in [4.78, 5) is 10.8. The third-order valence-corrected chi connectivity index (χ3v) is 3.30. The van der Waals surface area contributed by atoms with E-state index in [0.29, 0.717) is 15.2 Å².